The molecular weight excluding hydrogens is 401 g/mol. The summed E-state index contributed by atoms with van der Waals surface area (Å²) in [5.41, 5.74) is 1.86. The summed E-state index contributed by atoms with van der Waals surface area (Å²) in [6.07, 6.45) is 1.61. The first-order valence-electron chi connectivity index (χ1n) is 10.2. The van der Waals surface area contributed by atoms with Crippen molar-refractivity contribution in [2.75, 3.05) is 37.4 Å². The normalized spacial score (nSPS) is 15.9. The molecule has 0 spiro atoms. The predicted octanol–water partition coefficient (Wildman–Crippen LogP) is 2.83. The number of ether oxygens (including phenoxy) is 1. The fourth-order valence-corrected chi connectivity index (χ4v) is 3.55. The van der Waals surface area contributed by atoms with Gasteiger partial charge in [-0.25, -0.2) is 4.39 Å². The average molecular weight is 427 g/mol. The Morgan fingerprint density at radius 2 is 1.81 bits per heavy atom. The second-order valence-electron chi connectivity index (χ2n) is 7.53. The quantitative estimate of drug-likeness (QED) is 0.711. The topological polar surface area (TPSA) is 87.7 Å². The Kier molecular flexibility index (Phi) is 7.72. The smallest absolute Gasteiger partial charge is 0.250 e. The minimum Gasteiger partial charge on any atom is -0.375 e. The molecule has 1 atom stereocenters. The van der Waals surface area contributed by atoms with Crippen molar-refractivity contribution in [2.24, 2.45) is 5.92 Å². The molecule has 2 N–H and O–H groups in total. The molecule has 0 bridgehead atoms. The van der Waals surface area contributed by atoms with E-state index in [9.17, 15) is 18.8 Å². The number of hydrogen-bond acceptors (Lipinski definition) is 4. The molecule has 1 heterocycles. The van der Waals surface area contributed by atoms with Crippen LogP contribution < -0.4 is 10.6 Å². The molecule has 7 nitrogen and oxygen atoms in total. The first-order chi connectivity index (χ1) is 14.9. The second-order valence-corrected chi connectivity index (χ2v) is 7.53. The van der Waals surface area contributed by atoms with E-state index in [1.54, 1.807) is 41.3 Å². The van der Waals surface area contributed by atoms with Gasteiger partial charge in [0.15, 0.2) is 0 Å². The van der Waals surface area contributed by atoms with Gasteiger partial charge in [-0.3, -0.25) is 14.4 Å². The lowest BCUT2D eigenvalue weighted by molar-refractivity contribution is -0.134. The zero-order chi connectivity index (χ0) is 22.2. The van der Waals surface area contributed by atoms with Crippen LogP contribution in [-0.2, 0) is 25.5 Å². The second kappa shape index (κ2) is 10.7. The number of carbonyl (C=O) groups is 3. The Morgan fingerprint density at radius 1 is 1.10 bits per heavy atom. The van der Waals surface area contributed by atoms with Crippen molar-refractivity contribution in [1.29, 1.82) is 0 Å². The highest BCUT2D eigenvalue weighted by Gasteiger charge is 2.28. The number of nitrogens with one attached hydrogen (secondary N) is 2. The molecule has 3 rings (SSSR count). The third-order valence-electron chi connectivity index (χ3n) is 5.10. The van der Waals surface area contributed by atoms with Crippen LogP contribution in [0.15, 0.2) is 48.5 Å². The van der Waals surface area contributed by atoms with E-state index in [-0.39, 0.29) is 42.5 Å². The third kappa shape index (κ3) is 6.62. The van der Waals surface area contributed by atoms with Gasteiger partial charge in [-0.1, -0.05) is 18.2 Å². The van der Waals surface area contributed by atoms with E-state index in [0.29, 0.717) is 30.9 Å². The molecule has 0 aliphatic carbocycles. The average Bonchev–Trinajstić information content (AvgIpc) is 2.76. The summed E-state index contributed by atoms with van der Waals surface area (Å²) >= 11 is 0. The summed E-state index contributed by atoms with van der Waals surface area (Å²) in [5, 5.41) is 5.56. The molecule has 164 valence electrons. The van der Waals surface area contributed by atoms with Gasteiger partial charge in [-0.15, -0.1) is 0 Å². The van der Waals surface area contributed by atoms with Gasteiger partial charge < -0.3 is 20.3 Å². The molecule has 2 aromatic carbocycles. The molecule has 0 aromatic heterocycles. The van der Waals surface area contributed by atoms with Crippen LogP contribution in [0.5, 0.6) is 0 Å². The van der Waals surface area contributed by atoms with Gasteiger partial charge in [0.25, 0.3) is 0 Å². The lowest BCUT2D eigenvalue weighted by atomic mass is 9.96. The minimum atomic E-state index is -0.340. The lowest BCUT2D eigenvalue weighted by Gasteiger charge is -2.32. The Balaban J connectivity index is 1.56. The number of benzene rings is 2. The third-order valence-corrected chi connectivity index (χ3v) is 5.10. The number of piperidine rings is 1. The maximum atomic E-state index is 13.1. The van der Waals surface area contributed by atoms with Crippen molar-refractivity contribution in [3.8, 4) is 0 Å². The first-order valence-corrected chi connectivity index (χ1v) is 10.2. The fourth-order valence-electron chi connectivity index (χ4n) is 3.55. The SMILES string of the molecule is COCC(=O)Nc1cccc(NC(=O)C2CCCN(C(=O)Cc3ccc(F)cc3)C2)c1. The van der Waals surface area contributed by atoms with Gasteiger partial charge in [0.05, 0.1) is 12.3 Å². The van der Waals surface area contributed by atoms with Gasteiger partial charge in [-0.2, -0.15) is 0 Å². The van der Waals surface area contributed by atoms with E-state index in [2.05, 4.69) is 10.6 Å². The van der Waals surface area contributed by atoms with Crippen molar-refractivity contribution >= 4 is 29.1 Å². The first kappa shape index (κ1) is 22.4. The standard InChI is InChI=1S/C23H26FN3O4/c1-31-15-21(28)25-19-5-2-6-20(13-19)26-23(30)17-4-3-11-27(14-17)22(29)12-16-7-9-18(24)10-8-16/h2,5-10,13,17H,3-4,11-12,14-15H2,1H3,(H,25,28)(H,26,30). The molecular formula is C23H26FN3O4. The van der Waals surface area contributed by atoms with Crippen molar-refractivity contribution in [3.05, 3.63) is 59.9 Å². The Morgan fingerprint density at radius 3 is 2.52 bits per heavy atom. The van der Waals surface area contributed by atoms with Gasteiger partial charge in [0.1, 0.15) is 12.4 Å². The number of carbonyl (C=O) groups excluding carboxylic acids is 3. The summed E-state index contributed by atoms with van der Waals surface area (Å²) in [6, 6.07) is 12.7. The zero-order valence-electron chi connectivity index (χ0n) is 17.4. The maximum absolute atomic E-state index is 13.1. The number of hydrogen-bond donors (Lipinski definition) is 2. The van der Waals surface area contributed by atoms with Crippen LogP contribution in [-0.4, -0.2) is 49.4 Å². The zero-order valence-corrected chi connectivity index (χ0v) is 17.4. The van der Waals surface area contributed by atoms with E-state index in [1.165, 1.54) is 19.2 Å². The summed E-state index contributed by atoms with van der Waals surface area (Å²) in [7, 11) is 1.44. The summed E-state index contributed by atoms with van der Waals surface area (Å²) in [4.78, 5) is 38.8. The number of amides is 3. The highest BCUT2D eigenvalue weighted by Crippen LogP contribution is 2.21. The van der Waals surface area contributed by atoms with Gasteiger partial charge in [0.2, 0.25) is 17.7 Å². The lowest BCUT2D eigenvalue weighted by Crippen LogP contribution is -2.44. The van der Waals surface area contributed by atoms with Gasteiger partial charge >= 0.3 is 0 Å². The predicted molar refractivity (Wildman–Crippen MR) is 115 cm³/mol. The molecule has 0 saturated carbocycles. The molecule has 0 radical (unpaired) electrons. The number of methoxy groups -OCH3 is 1. The number of rotatable bonds is 7. The maximum Gasteiger partial charge on any atom is 0.250 e. The van der Waals surface area contributed by atoms with E-state index >= 15 is 0 Å². The number of nitrogens with zero attached hydrogens (tertiary/aromatic N) is 1. The number of halogens is 1. The summed E-state index contributed by atoms with van der Waals surface area (Å²) in [5.74, 6) is -1.19. The van der Waals surface area contributed by atoms with Crippen molar-refractivity contribution in [2.45, 2.75) is 19.3 Å². The highest BCUT2D eigenvalue weighted by molar-refractivity contribution is 5.95. The molecule has 31 heavy (non-hydrogen) atoms. The minimum absolute atomic E-state index is 0.0551. The molecule has 1 saturated heterocycles. The largest absolute Gasteiger partial charge is 0.375 e. The molecule has 2 aromatic rings. The molecule has 1 unspecified atom stereocenters. The molecule has 1 aliphatic heterocycles. The van der Waals surface area contributed by atoms with Crippen LogP contribution in [0.1, 0.15) is 18.4 Å². The Labute approximate surface area is 180 Å². The molecule has 3 amide bonds. The van der Waals surface area contributed by atoms with Crippen molar-refractivity contribution in [3.63, 3.8) is 0 Å². The van der Waals surface area contributed by atoms with Crippen LogP contribution in [0.2, 0.25) is 0 Å². The summed E-state index contributed by atoms with van der Waals surface area (Å²) in [6.45, 7) is 0.890. The number of likely N-dealkylation sites (tertiary alicyclic amines) is 1. The Bertz CT molecular complexity index is 933. The van der Waals surface area contributed by atoms with Crippen LogP contribution >= 0.6 is 0 Å². The van der Waals surface area contributed by atoms with Crippen LogP contribution in [0.3, 0.4) is 0 Å². The van der Waals surface area contributed by atoms with Crippen LogP contribution in [0, 0.1) is 11.7 Å². The monoisotopic (exact) mass is 427 g/mol. The van der Waals surface area contributed by atoms with E-state index < -0.39 is 0 Å². The summed E-state index contributed by atoms with van der Waals surface area (Å²) < 4.78 is 17.8. The van der Waals surface area contributed by atoms with Crippen molar-refractivity contribution in [1.82, 2.24) is 4.90 Å². The van der Waals surface area contributed by atoms with Gasteiger partial charge in [0, 0.05) is 31.6 Å². The van der Waals surface area contributed by atoms with E-state index in [0.717, 1.165) is 12.0 Å². The van der Waals surface area contributed by atoms with Gasteiger partial charge in [-0.05, 0) is 48.7 Å². The van der Waals surface area contributed by atoms with E-state index in [1.807, 2.05) is 0 Å². The number of anilines is 2. The molecule has 1 fully saturated rings. The Hall–Kier alpha value is -3.26. The van der Waals surface area contributed by atoms with Crippen LogP contribution in [0.25, 0.3) is 0 Å². The van der Waals surface area contributed by atoms with Crippen LogP contribution in [0.4, 0.5) is 15.8 Å². The fraction of sp³-hybridized carbons (Fsp3) is 0.348. The van der Waals surface area contributed by atoms with E-state index in [4.69, 9.17) is 4.74 Å². The van der Waals surface area contributed by atoms with Crippen molar-refractivity contribution < 1.29 is 23.5 Å². The molecule has 8 heteroatoms. The molecule has 1 aliphatic rings. The highest BCUT2D eigenvalue weighted by atomic mass is 19.1.